The van der Waals surface area contributed by atoms with Gasteiger partial charge in [0.15, 0.2) is 0 Å². The molecule has 0 nitrogen and oxygen atoms in total. The van der Waals surface area contributed by atoms with E-state index in [0.717, 1.165) is 11.3 Å². The highest BCUT2D eigenvalue weighted by atomic mass is 31.1. The fourth-order valence-electron chi connectivity index (χ4n) is 4.47. The third-order valence-corrected chi connectivity index (χ3v) is 9.52. The maximum atomic E-state index is 2.43. The molecular weight excluding hydrogens is 283 g/mol. The molecule has 0 aliphatic heterocycles. The summed E-state index contributed by atoms with van der Waals surface area (Å²) >= 11 is 0. The van der Waals surface area contributed by atoms with Crippen LogP contribution in [-0.2, 0) is 12.6 Å². The van der Waals surface area contributed by atoms with Crippen molar-refractivity contribution >= 4 is 7.92 Å². The lowest BCUT2D eigenvalue weighted by Crippen LogP contribution is -2.21. The van der Waals surface area contributed by atoms with E-state index in [1.165, 1.54) is 82.4 Å². The average molecular weight is 316 g/mol. The fraction of sp³-hybridized carbons (Fsp3) is 0.714. The van der Waals surface area contributed by atoms with Gasteiger partial charge in [-0.05, 0) is 60.7 Å². The zero-order valence-corrected chi connectivity index (χ0v) is 15.3. The predicted molar refractivity (Wildman–Crippen MR) is 100 cm³/mol. The first kappa shape index (κ1) is 16.5. The molecule has 3 rings (SSSR count). The third-order valence-electron chi connectivity index (χ3n) is 5.88. The van der Waals surface area contributed by atoms with Crippen molar-refractivity contribution in [2.75, 3.05) is 0 Å². The van der Waals surface area contributed by atoms with Crippen molar-refractivity contribution in [3.63, 3.8) is 0 Å². The first-order valence-corrected chi connectivity index (χ1v) is 11.4. The van der Waals surface area contributed by atoms with Gasteiger partial charge in [0, 0.05) is 0 Å². The lowest BCUT2D eigenvalue weighted by Gasteiger charge is -2.38. The predicted octanol–water partition coefficient (Wildman–Crippen LogP) is 6.90. The van der Waals surface area contributed by atoms with Crippen LogP contribution in [0.2, 0.25) is 0 Å². The summed E-state index contributed by atoms with van der Waals surface area (Å²) in [5, 5.41) is 0. The Labute approximate surface area is 138 Å². The molecule has 1 aromatic carbocycles. The molecule has 0 atom stereocenters. The summed E-state index contributed by atoms with van der Waals surface area (Å²) in [7, 11) is 0.213. The quantitative estimate of drug-likeness (QED) is 0.518. The molecule has 0 spiro atoms. The summed E-state index contributed by atoms with van der Waals surface area (Å²) < 4.78 is 0. The Morgan fingerprint density at radius 3 is 1.64 bits per heavy atom. The van der Waals surface area contributed by atoms with Crippen molar-refractivity contribution in [1.82, 2.24) is 0 Å². The monoisotopic (exact) mass is 316 g/mol. The molecule has 2 saturated carbocycles. The van der Waals surface area contributed by atoms with E-state index in [2.05, 4.69) is 31.2 Å². The van der Waals surface area contributed by atoms with Crippen molar-refractivity contribution in [2.24, 2.45) is 0 Å². The van der Waals surface area contributed by atoms with Crippen LogP contribution >= 0.6 is 7.92 Å². The van der Waals surface area contributed by atoms with Crippen molar-refractivity contribution in [2.45, 2.75) is 95.0 Å². The molecule has 0 aromatic heterocycles. The summed E-state index contributed by atoms with van der Waals surface area (Å²) in [6, 6.07) is 9.59. The molecule has 2 aliphatic carbocycles. The Hall–Kier alpha value is -0.350. The first-order chi connectivity index (χ1) is 10.9. The normalized spacial score (nSPS) is 21.4. The van der Waals surface area contributed by atoms with Gasteiger partial charge in [-0.25, -0.2) is 0 Å². The minimum atomic E-state index is 0.213. The van der Waals surface area contributed by atoms with Gasteiger partial charge in [0.05, 0.1) is 0 Å². The molecule has 0 heterocycles. The SMILES string of the molecule is CCc1ccc(CP(C2CCCCC2)C2CCCCC2)cc1. The molecule has 0 saturated heterocycles. The molecule has 2 fully saturated rings. The van der Waals surface area contributed by atoms with Crippen LogP contribution in [0.15, 0.2) is 24.3 Å². The van der Waals surface area contributed by atoms with E-state index in [4.69, 9.17) is 0 Å². The van der Waals surface area contributed by atoms with Crippen molar-refractivity contribution in [3.05, 3.63) is 35.4 Å². The van der Waals surface area contributed by atoms with E-state index in [9.17, 15) is 0 Å². The largest absolute Gasteiger partial charge is 0.0958 e. The topological polar surface area (TPSA) is 0 Å². The summed E-state index contributed by atoms with van der Waals surface area (Å²) in [4.78, 5) is 0. The number of benzene rings is 1. The maximum absolute atomic E-state index is 2.43. The lowest BCUT2D eigenvalue weighted by molar-refractivity contribution is 0.484. The number of hydrogen-bond acceptors (Lipinski definition) is 0. The molecule has 1 aromatic rings. The first-order valence-electron chi connectivity index (χ1n) is 9.70. The van der Waals surface area contributed by atoms with E-state index in [1.54, 1.807) is 5.56 Å². The van der Waals surface area contributed by atoms with Crippen LogP contribution in [0.4, 0.5) is 0 Å². The standard InChI is InChI=1S/C21H33P/c1-2-18-13-15-19(16-14-18)17-22(20-9-5-3-6-10-20)21-11-7-4-8-12-21/h13-16,20-21H,2-12,17H2,1H3. The second-order valence-electron chi connectivity index (χ2n) is 7.43. The van der Waals surface area contributed by atoms with Crippen molar-refractivity contribution < 1.29 is 0 Å². The molecule has 0 radical (unpaired) electrons. The van der Waals surface area contributed by atoms with E-state index in [-0.39, 0.29) is 7.92 Å². The van der Waals surface area contributed by atoms with Crippen LogP contribution in [0.1, 0.15) is 82.3 Å². The van der Waals surface area contributed by atoms with Crippen LogP contribution in [0.3, 0.4) is 0 Å². The lowest BCUT2D eigenvalue weighted by atomic mass is 9.99. The van der Waals surface area contributed by atoms with Crippen LogP contribution in [0.25, 0.3) is 0 Å². The summed E-state index contributed by atoms with van der Waals surface area (Å²) in [5.41, 5.74) is 5.28. The smallest absolute Gasteiger partial charge is 0.00681 e. The van der Waals surface area contributed by atoms with Gasteiger partial charge in [0.2, 0.25) is 0 Å². The Kier molecular flexibility index (Phi) is 6.37. The van der Waals surface area contributed by atoms with Gasteiger partial charge in [-0.3, -0.25) is 0 Å². The Bertz CT molecular complexity index is 406. The van der Waals surface area contributed by atoms with Crippen LogP contribution in [0.5, 0.6) is 0 Å². The Balaban J connectivity index is 1.71. The second kappa shape index (κ2) is 8.49. The molecule has 0 bridgehead atoms. The fourth-order valence-corrected chi connectivity index (χ4v) is 8.27. The third kappa shape index (κ3) is 4.35. The maximum Gasteiger partial charge on any atom is -0.00681 e. The minimum absolute atomic E-state index is 0.213. The van der Waals surface area contributed by atoms with Gasteiger partial charge in [-0.1, -0.05) is 77.6 Å². The summed E-state index contributed by atoms with van der Waals surface area (Å²) in [6.07, 6.45) is 17.7. The van der Waals surface area contributed by atoms with Crippen LogP contribution < -0.4 is 0 Å². The highest BCUT2D eigenvalue weighted by Gasteiger charge is 2.30. The zero-order chi connectivity index (χ0) is 15.2. The molecule has 0 amide bonds. The van der Waals surface area contributed by atoms with Crippen LogP contribution in [-0.4, -0.2) is 11.3 Å². The van der Waals surface area contributed by atoms with Crippen molar-refractivity contribution in [3.8, 4) is 0 Å². The zero-order valence-electron chi connectivity index (χ0n) is 14.4. The van der Waals surface area contributed by atoms with Gasteiger partial charge < -0.3 is 0 Å². The minimum Gasteiger partial charge on any atom is -0.0958 e. The average Bonchev–Trinajstić information content (AvgIpc) is 2.62. The molecule has 2 aliphatic rings. The van der Waals surface area contributed by atoms with Crippen LogP contribution in [0, 0.1) is 0 Å². The second-order valence-corrected chi connectivity index (χ2v) is 10.2. The Morgan fingerprint density at radius 2 is 1.18 bits per heavy atom. The summed E-state index contributed by atoms with van der Waals surface area (Å²) in [5.74, 6) is 0. The number of aryl methyl sites for hydroxylation is 1. The molecule has 1 heteroatoms. The van der Waals surface area contributed by atoms with Gasteiger partial charge in [-0.2, -0.15) is 0 Å². The molecular formula is C21H33P. The summed E-state index contributed by atoms with van der Waals surface area (Å²) in [6.45, 7) is 2.26. The van der Waals surface area contributed by atoms with Gasteiger partial charge in [0.1, 0.15) is 0 Å². The highest BCUT2D eigenvalue weighted by molar-refractivity contribution is 7.58. The van der Waals surface area contributed by atoms with E-state index < -0.39 is 0 Å². The molecule has 22 heavy (non-hydrogen) atoms. The van der Waals surface area contributed by atoms with Crippen molar-refractivity contribution in [1.29, 1.82) is 0 Å². The number of rotatable bonds is 5. The van der Waals surface area contributed by atoms with E-state index in [0.29, 0.717) is 0 Å². The van der Waals surface area contributed by atoms with Gasteiger partial charge in [-0.15, -0.1) is 0 Å². The van der Waals surface area contributed by atoms with Gasteiger partial charge in [0.25, 0.3) is 0 Å². The molecule has 0 unspecified atom stereocenters. The molecule has 0 N–H and O–H groups in total. The van der Waals surface area contributed by atoms with E-state index >= 15 is 0 Å². The molecule has 122 valence electrons. The van der Waals surface area contributed by atoms with E-state index in [1.807, 2.05) is 0 Å². The highest BCUT2D eigenvalue weighted by Crippen LogP contribution is 2.57. The van der Waals surface area contributed by atoms with Gasteiger partial charge >= 0.3 is 0 Å². The Morgan fingerprint density at radius 1 is 0.727 bits per heavy atom. The number of hydrogen-bond donors (Lipinski definition) is 0.